The zero-order chi connectivity index (χ0) is 15.4. The lowest BCUT2D eigenvalue weighted by Crippen LogP contribution is -2.15. The summed E-state index contributed by atoms with van der Waals surface area (Å²) in [5.74, 6) is 1.43. The molecular weight excluding hydrogens is 280 g/mol. The van der Waals surface area contributed by atoms with Gasteiger partial charge in [0.15, 0.2) is 0 Å². The van der Waals surface area contributed by atoms with E-state index in [4.69, 9.17) is 9.47 Å². The molecule has 1 atom stereocenters. The molecule has 2 aliphatic heterocycles. The van der Waals surface area contributed by atoms with Gasteiger partial charge in [-0.05, 0) is 24.1 Å². The number of rotatable bonds is 0. The number of esters is 1. The van der Waals surface area contributed by atoms with E-state index in [2.05, 4.69) is 0 Å². The molecule has 0 amide bonds. The fourth-order valence-electron chi connectivity index (χ4n) is 2.54. The minimum atomic E-state index is -0.333. The highest BCUT2D eigenvalue weighted by Crippen LogP contribution is 2.30. The lowest BCUT2D eigenvalue weighted by atomic mass is 10.0. The molecule has 2 aromatic rings. The third-order valence-corrected chi connectivity index (χ3v) is 3.72. The van der Waals surface area contributed by atoms with Crippen LogP contribution in [0.5, 0.6) is 11.5 Å². The topological polar surface area (TPSA) is 55.8 Å². The van der Waals surface area contributed by atoms with Gasteiger partial charge in [0, 0.05) is 12.0 Å². The van der Waals surface area contributed by atoms with Crippen LogP contribution in [0.25, 0.3) is 0 Å². The molecule has 2 aliphatic rings. The van der Waals surface area contributed by atoms with E-state index in [1.165, 1.54) is 0 Å². The summed E-state index contributed by atoms with van der Waals surface area (Å²) in [5, 5.41) is 9.48. The Balaban J connectivity index is 0.000000131. The third-order valence-electron chi connectivity index (χ3n) is 3.72. The maximum absolute atomic E-state index is 10.8. The Kier molecular flexibility index (Phi) is 4.39. The van der Waals surface area contributed by atoms with E-state index in [1.807, 2.05) is 48.5 Å². The van der Waals surface area contributed by atoms with E-state index in [-0.39, 0.29) is 12.1 Å². The van der Waals surface area contributed by atoms with Gasteiger partial charge >= 0.3 is 5.97 Å². The molecular formula is C18H18O4. The lowest BCUT2D eigenvalue weighted by molar-refractivity contribution is -0.135. The van der Waals surface area contributed by atoms with Gasteiger partial charge in [-0.1, -0.05) is 36.4 Å². The summed E-state index contributed by atoms with van der Waals surface area (Å²) in [6.07, 6.45) is 1.70. The summed E-state index contributed by atoms with van der Waals surface area (Å²) >= 11 is 0. The van der Waals surface area contributed by atoms with Gasteiger partial charge in [0.1, 0.15) is 11.5 Å². The highest BCUT2D eigenvalue weighted by atomic mass is 16.5. The van der Waals surface area contributed by atoms with Gasteiger partial charge in [-0.25, -0.2) is 0 Å². The second-order valence-corrected chi connectivity index (χ2v) is 5.27. The highest BCUT2D eigenvalue weighted by Gasteiger charge is 2.17. The molecule has 22 heavy (non-hydrogen) atoms. The quantitative estimate of drug-likeness (QED) is 0.600. The van der Waals surface area contributed by atoms with Crippen LogP contribution < -0.4 is 9.47 Å². The summed E-state index contributed by atoms with van der Waals surface area (Å²) in [5.41, 5.74) is 2.05. The van der Waals surface area contributed by atoms with Gasteiger partial charge in [0.05, 0.1) is 19.1 Å². The minimum Gasteiger partial charge on any atom is -0.493 e. The van der Waals surface area contributed by atoms with Crippen molar-refractivity contribution in [3.05, 3.63) is 59.7 Å². The predicted octanol–water partition coefficient (Wildman–Crippen LogP) is 3.04. The zero-order valence-corrected chi connectivity index (χ0v) is 12.2. The molecule has 4 nitrogen and oxygen atoms in total. The Morgan fingerprint density at radius 1 is 0.955 bits per heavy atom. The summed E-state index contributed by atoms with van der Waals surface area (Å²) in [6.45, 7) is 0.623. The molecule has 4 rings (SSSR count). The van der Waals surface area contributed by atoms with Gasteiger partial charge < -0.3 is 14.6 Å². The number of carbonyl (C=O) groups excluding carboxylic acids is 1. The SMILES string of the molecule is O=C1CCc2ccccc2O1.OC1CCOc2ccccc21. The highest BCUT2D eigenvalue weighted by molar-refractivity contribution is 5.75. The van der Waals surface area contributed by atoms with Gasteiger partial charge in [0.25, 0.3) is 0 Å². The van der Waals surface area contributed by atoms with Crippen LogP contribution in [-0.4, -0.2) is 17.7 Å². The van der Waals surface area contributed by atoms with Crippen molar-refractivity contribution in [3.63, 3.8) is 0 Å². The maximum Gasteiger partial charge on any atom is 0.311 e. The van der Waals surface area contributed by atoms with Crippen LogP contribution in [0.3, 0.4) is 0 Å². The standard InChI is InChI=1S/C9H10O2.C9H8O2/c10-8-5-6-11-9-4-2-1-3-7(8)9;10-9-6-5-7-3-1-2-4-8(7)11-9/h1-4,8,10H,5-6H2;1-4H,5-6H2. The third kappa shape index (κ3) is 3.28. The molecule has 0 saturated carbocycles. The van der Waals surface area contributed by atoms with Crippen LogP contribution in [0, 0.1) is 0 Å². The Hall–Kier alpha value is -2.33. The van der Waals surface area contributed by atoms with E-state index in [1.54, 1.807) is 0 Å². The number of hydrogen-bond donors (Lipinski definition) is 1. The van der Waals surface area contributed by atoms with Crippen molar-refractivity contribution in [3.8, 4) is 11.5 Å². The number of ether oxygens (including phenoxy) is 2. The largest absolute Gasteiger partial charge is 0.493 e. The van der Waals surface area contributed by atoms with E-state index in [9.17, 15) is 9.90 Å². The predicted molar refractivity (Wildman–Crippen MR) is 81.9 cm³/mol. The van der Waals surface area contributed by atoms with Gasteiger partial charge in [-0.2, -0.15) is 0 Å². The van der Waals surface area contributed by atoms with Crippen molar-refractivity contribution >= 4 is 5.97 Å². The lowest BCUT2D eigenvalue weighted by Gasteiger charge is -2.21. The van der Waals surface area contributed by atoms with Crippen molar-refractivity contribution in [2.75, 3.05) is 6.61 Å². The Morgan fingerprint density at radius 3 is 2.50 bits per heavy atom. The minimum absolute atomic E-state index is 0.122. The monoisotopic (exact) mass is 298 g/mol. The summed E-state index contributed by atoms with van der Waals surface area (Å²) < 4.78 is 10.3. The number of carbonyl (C=O) groups is 1. The second kappa shape index (κ2) is 6.62. The molecule has 0 aromatic heterocycles. The van der Waals surface area contributed by atoms with Crippen molar-refractivity contribution in [2.45, 2.75) is 25.4 Å². The molecule has 1 N–H and O–H groups in total. The molecule has 0 spiro atoms. The fourth-order valence-corrected chi connectivity index (χ4v) is 2.54. The van der Waals surface area contributed by atoms with Gasteiger partial charge in [0.2, 0.25) is 0 Å². The van der Waals surface area contributed by atoms with Crippen LogP contribution in [0.15, 0.2) is 48.5 Å². The Labute approximate surface area is 129 Å². The molecule has 114 valence electrons. The number of aliphatic hydroxyl groups is 1. The van der Waals surface area contributed by atoms with Gasteiger partial charge in [-0.3, -0.25) is 4.79 Å². The van der Waals surface area contributed by atoms with Crippen LogP contribution in [-0.2, 0) is 11.2 Å². The molecule has 0 fully saturated rings. The van der Waals surface area contributed by atoms with Crippen molar-refractivity contribution in [1.29, 1.82) is 0 Å². The Bertz CT molecular complexity index is 666. The molecule has 1 unspecified atom stereocenters. The van der Waals surface area contributed by atoms with Crippen molar-refractivity contribution in [2.24, 2.45) is 0 Å². The molecule has 2 heterocycles. The first-order valence-corrected chi connectivity index (χ1v) is 7.42. The zero-order valence-electron chi connectivity index (χ0n) is 12.2. The number of aryl methyl sites for hydroxylation is 1. The molecule has 0 radical (unpaired) electrons. The first-order valence-electron chi connectivity index (χ1n) is 7.42. The number of benzene rings is 2. The average molecular weight is 298 g/mol. The molecule has 4 heteroatoms. The molecule has 0 bridgehead atoms. The van der Waals surface area contributed by atoms with E-state index in [0.29, 0.717) is 19.4 Å². The van der Waals surface area contributed by atoms with Crippen LogP contribution in [0.1, 0.15) is 30.1 Å². The van der Waals surface area contributed by atoms with E-state index in [0.717, 1.165) is 29.0 Å². The number of fused-ring (bicyclic) bond motifs is 2. The average Bonchev–Trinajstić information content (AvgIpc) is 2.56. The molecule has 0 saturated heterocycles. The summed E-state index contributed by atoms with van der Waals surface area (Å²) in [6, 6.07) is 15.3. The van der Waals surface area contributed by atoms with Crippen LogP contribution in [0.2, 0.25) is 0 Å². The number of aliphatic hydroxyl groups excluding tert-OH is 1. The van der Waals surface area contributed by atoms with Crippen LogP contribution >= 0.6 is 0 Å². The smallest absolute Gasteiger partial charge is 0.311 e. The maximum atomic E-state index is 10.8. The van der Waals surface area contributed by atoms with Gasteiger partial charge in [-0.15, -0.1) is 0 Å². The summed E-state index contributed by atoms with van der Waals surface area (Å²) in [4.78, 5) is 10.8. The summed E-state index contributed by atoms with van der Waals surface area (Å²) in [7, 11) is 0. The van der Waals surface area contributed by atoms with Crippen molar-refractivity contribution < 1.29 is 19.4 Å². The molecule has 2 aromatic carbocycles. The first kappa shape index (κ1) is 14.6. The molecule has 0 aliphatic carbocycles. The number of hydrogen-bond acceptors (Lipinski definition) is 4. The van der Waals surface area contributed by atoms with E-state index < -0.39 is 0 Å². The normalized spacial score (nSPS) is 18.8. The first-order chi connectivity index (χ1) is 10.7. The number of para-hydroxylation sites is 2. The fraction of sp³-hybridized carbons (Fsp3) is 0.278. The van der Waals surface area contributed by atoms with E-state index >= 15 is 0 Å². The Morgan fingerprint density at radius 2 is 1.68 bits per heavy atom. The second-order valence-electron chi connectivity index (χ2n) is 5.27. The van der Waals surface area contributed by atoms with Crippen LogP contribution in [0.4, 0.5) is 0 Å². The van der Waals surface area contributed by atoms with Crippen molar-refractivity contribution in [1.82, 2.24) is 0 Å².